The highest BCUT2D eigenvalue weighted by Gasteiger charge is 2.31. The Hall–Kier alpha value is -2.43. The molecule has 1 amide bonds. The van der Waals surface area contributed by atoms with Crippen LogP contribution in [-0.2, 0) is 13.1 Å². The van der Waals surface area contributed by atoms with Crippen LogP contribution in [0.4, 0.5) is 4.39 Å². The van der Waals surface area contributed by atoms with Gasteiger partial charge in [-0.3, -0.25) is 23.4 Å². The fourth-order valence-electron chi connectivity index (χ4n) is 3.14. The Kier molecular flexibility index (Phi) is 6.01. The van der Waals surface area contributed by atoms with Gasteiger partial charge in [-0.25, -0.2) is 9.37 Å². The minimum Gasteiger partial charge on any atom is -0.501 e. The molecule has 1 aliphatic rings. The van der Waals surface area contributed by atoms with Gasteiger partial charge in [0.05, 0.1) is 6.04 Å². The number of thiol groups is 1. The fraction of sp³-hybridized carbons (Fsp3) is 0.389. The Labute approximate surface area is 167 Å². The molecule has 1 aromatic carbocycles. The highest BCUT2D eigenvalue weighted by atomic mass is 32.1. The first-order chi connectivity index (χ1) is 13.3. The first-order valence-electron chi connectivity index (χ1n) is 8.74. The first-order valence-corrected chi connectivity index (χ1v) is 9.14. The van der Waals surface area contributed by atoms with E-state index in [1.807, 2.05) is 11.9 Å². The van der Waals surface area contributed by atoms with Gasteiger partial charge in [0.1, 0.15) is 11.6 Å². The molecule has 8 nitrogen and oxygen atoms in total. The number of hydrogen-bond acceptors (Lipinski definition) is 7. The van der Waals surface area contributed by atoms with Crippen LogP contribution in [0.1, 0.15) is 27.9 Å². The Morgan fingerprint density at radius 1 is 1.39 bits per heavy atom. The lowest BCUT2D eigenvalue weighted by molar-refractivity contribution is 0.0938. The summed E-state index contributed by atoms with van der Waals surface area (Å²) in [6.45, 7) is 1.57. The SMILES string of the molecule is CN(S)CC1c2nc(C(=O)NCc3ccc(F)cc3)c(O)c(=O)n2CCN1C. The van der Waals surface area contributed by atoms with Gasteiger partial charge in [0.25, 0.3) is 11.5 Å². The van der Waals surface area contributed by atoms with E-state index in [0.29, 0.717) is 31.0 Å². The van der Waals surface area contributed by atoms with Crippen LogP contribution in [0.3, 0.4) is 0 Å². The molecule has 2 heterocycles. The number of nitrogens with zero attached hydrogens (tertiary/aromatic N) is 4. The average Bonchev–Trinajstić information content (AvgIpc) is 2.65. The molecule has 2 aromatic rings. The molecular formula is C18H22FN5O3S. The summed E-state index contributed by atoms with van der Waals surface area (Å²) >= 11 is 4.27. The molecule has 3 rings (SSSR count). The van der Waals surface area contributed by atoms with Crippen LogP contribution in [0.5, 0.6) is 5.75 Å². The standard InChI is InChI=1S/C18H22FN5O3S/c1-22-7-8-24-16(13(22)10-23(2)28)21-14(15(25)18(24)27)17(26)20-9-11-3-5-12(19)6-4-11/h3-6,13,25,28H,7-10H2,1-2H3,(H,20,26). The van der Waals surface area contributed by atoms with E-state index in [1.165, 1.54) is 28.8 Å². The first kappa shape index (κ1) is 20.3. The molecule has 1 aromatic heterocycles. The van der Waals surface area contributed by atoms with Crippen molar-refractivity contribution in [2.24, 2.45) is 0 Å². The second-order valence-corrected chi connectivity index (χ2v) is 7.45. The summed E-state index contributed by atoms with van der Waals surface area (Å²) < 4.78 is 16.1. The van der Waals surface area contributed by atoms with E-state index < -0.39 is 17.2 Å². The molecule has 0 saturated heterocycles. The quantitative estimate of drug-likeness (QED) is 0.635. The van der Waals surface area contributed by atoms with Crippen LogP contribution in [0.25, 0.3) is 0 Å². The van der Waals surface area contributed by atoms with Crippen molar-refractivity contribution in [3.05, 3.63) is 57.5 Å². The molecule has 0 saturated carbocycles. The third-order valence-electron chi connectivity index (χ3n) is 4.70. The molecule has 0 fully saturated rings. The zero-order chi connectivity index (χ0) is 20.4. The van der Waals surface area contributed by atoms with E-state index in [4.69, 9.17) is 0 Å². The predicted octanol–water partition coefficient (Wildman–Crippen LogP) is 0.781. The molecule has 28 heavy (non-hydrogen) atoms. The minimum atomic E-state index is -0.678. The zero-order valence-electron chi connectivity index (χ0n) is 15.6. The van der Waals surface area contributed by atoms with Crippen LogP contribution in [0.2, 0.25) is 0 Å². The smallest absolute Gasteiger partial charge is 0.296 e. The number of carbonyl (C=O) groups excluding carboxylic acids is 1. The number of fused-ring (bicyclic) bond motifs is 1. The normalized spacial score (nSPS) is 16.8. The third-order valence-corrected chi connectivity index (χ3v) is 4.86. The molecule has 0 spiro atoms. The van der Waals surface area contributed by atoms with E-state index >= 15 is 0 Å². The van der Waals surface area contributed by atoms with Gasteiger partial charge >= 0.3 is 0 Å². The molecule has 2 N–H and O–H groups in total. The van der Waals surface area contributed by atoms with Crippen LogP contribution in [0.15, 0.2) is 29.1 Å². The Bertz CT molecular complexity index is 932. The van der Waals surface area contributed by atoms with Crippen molar-refractivity contribution in [3.63, 3.8) is 0 Å². The van der Waals surface area contributed by atoms with Gasteiger partial charge in [-0.1, -0.05) is 24.9 Å². The number of carbonyl (C=O) groups is 1. The molecule has 0 aliphatic carbocycles. The summed E-state index contributed by atoms with van der Waals surface area (Å²) in [6, 6.07) is 5.40. The summed E-state index contributed by atoms with van der Waals surface area (Å²) in [7, 11) is 3.68. The molecule has 0 bridgehead atoms. The van der Waals surface area contributed by atoms with Gasteiger partial charge in [0.2, 0.25) is 5.75 Å². The molecule has 0 radical (unpaired) electrons. The monoisotopic (exact) mass is 407 g/mol. The van der Waals surface area contributed by atoms with Gasteiger partial charge in [-0.15, -0.1) is 0 Å². The second-order valence-electron chi connectivity index (χ2n) is 6.77. The maximum absolute atomic E-state index is 13.0. The van der Waals surface area contributed by atoms with E-state index in [1.54, 1.807) is 11.4 Å². The summed E-state index contributed by atoms with van der Waals surface area (Å²) in [5, 5.41) is 12.9. The second kappa shape index (κ2) is 8.29. The number of hydrogen-bond donors (Lipinski definition) is 3. The summed E-state index contributed by atoms with van der Waals surface area (Å²) in [6.07, 6.45) is 0. The highest BCUT2D eigenvalue weighted by Crippen LogP contribution is 2.24. The van der Waals surface area contributed by atoms with E-state index in [0.717, 1.165) is 0 Å². The topological polar surface area (TPSA) is 90.7 Å². The Morgan fingerprint density at radius 2 is 2.07 bits per heavy atom. The van der Waals surface area contributed by atoms with Gasteiger partial charge in [0.15, 0.2) is 5.69 Å². The van der Waals surface area contributed by atoms with Gasteiger partial charge in [-0.05, 0) is 31.8 Å². The lowest BCUT2D eigenvalue weighted by Crippen LogP contribution is -2.45. The number of amides is 1. The third kappa shape index (κ3) is 4.18. The lowest BCUT2D eigenvalue weighted by Gasteiger charge is -2.35. The molecule has 1 unspecified atom stereocenters. The minimum absolute atomic E-state index is 0.112. The van der Waals surface area contributed by atoms with Crippen LogP contribution < -0.4 is 10.9 Å². The molecule has 1 atom stereocenters. The van der Waals surface area contributed by atoms with Crippen molar-refractivity contribution in [3.8, 4) is 5.75 Å². The van der Waals surface area contributed by atoms with Crippen molar-refractivity contribution in [1.29, 1.82) is 0 Å². The number of nitrogens with one attached hydrogen (secondary N) is 1. The van der Waals surface area contributed by atoms with Gasteiger partial charge in [0, 0.05) is 26.2 Å². The van der Waals surface area contributed by atoms with Crippen molar-refractivity contribution in [1.82, 2.24) is 24.1 Å². The van der Waals surface area contributed by atoms with E-state index in [2.05, 4.69) is 23.1 Å². The largest absolute Gasteiger partial charge is 0.501 e. The van der Waals surface area contributed by atoms with E-state index in [-0.39, 0.29) is 24.1 Å². The summed E-state index contributed by atoms with van der Waals surface area (Å²) in [5.74, 6) is -1.32. The van der Waals surface area contributed by atoms with Crippen molar-refractivity contribution in [2.45, 2.75) is 19.1 Å². The number of halogens is 1. The number of benzene rings is 1. The zero-order valence-corrected chi connectivity index (χ0v) is 16.5. The van der Waals surface area contributed by atoms with Gasteiger partial charge in [-0.2, -0.15) is 0 Å². The fourth-order valence-corrected chi connectivity index (χ4v) is 3.29. The molecule has 150 valence electrons. The maximum atomic E-state index is 13.0. The Morgan fingerprint density at radius 3 is 2.71 bits per heavy atom. The summed E-state index contributed by atoms with van der Waals surface area (Å²) in [5.41, 5.74) is -0.282. The number of rotatable bonds is 5. The molecule has 10 heteroatoms. The maximum Gasteiger partial charge on any atom is 0.296 e. The predicted molar refractivity (Wildman–Crippen MR) is 105 cm³/mol. The summed E-state index contributed by atoms with van der Waals surface area (Å²) in [4.78, 5) is 31.5. The number of aromatic nitrogens is 2. The molecule has 1 aliphatic heterocycles. The molecular weight excluding hydrogens is 385 g/mol. The lowest BCUT2D eigenvalue weighted by atomic mass is 10.1. The van der Waals surface area contributed by atoms with Crippen molar-refractivity contribution >= 4 is 18.7 Å². The highest BCUT2D eigenvalue weighted by molar-refractivity contribution is 7.77. The Balaban J connectivity index is 1.90. The van der Waals surface area contributed by atoms with Crippen LogP contribution in [-0.4, -0.2) is 57.0 Å². The van der Waals surface area contributed by atoms with E-state index in [9.17, 15) is 19.1 Å². The average molecular weight is 407 g/mol. The van der Waals surface area contributed by atoms with Crippen LogP contribution >= 0.6 is 12.8 Å². The van der Waals surface area contributed by atoms with Crippen molar-refractivity contribution < 1.29 is 14.3 Å². The van der Waals surface area contributed by atoms with Crippen molar-refractivity contribution in [2.75, 3.05) is 27.2 Å². The van der Waals surface area contributed by atoms with Crippen LogP contribution in [0, 0.1) is 5.82 Å². The number of aromatic hydroxyl groups is 1. The number of likely N-dealkylation sites (N-methyl/N-ethyl adjacent to an activating group) is 2. The van der Waals surface area contributed by atoms with Gasteiger partial charge < -0.3 is 10.4 Å².